The molecule has 0 saturated carbocycles. The summed E-state index contributed by atoms with van der Waals surface area (Å²) >= 11 is 0. The molecule has 2 rings (SSSR count). The molecule has 1 fully saturated rings. The number of likely N-dealkylation sites (tertiary alicyclic amines) is 1. The van der Waals surface area contributed by atoms with Crippen LogP contribution < -0.4 is 0 Å². The summed E-state index contributed by atoms with van der Waals surface area (Å²) in [5.74, 6) is -0.183. The van der Waals surface area contributed by atoms with E-state index in [0.29, 0.717) is 0 Å². The summed E-state index contributed by atoms with van der Waals surface area (Å²) in [4.78, 5) is 2.28. The molecule has 3 heteroatoms. The Morgan fingerprint density at radius 2 is 2.18 bits per heavy atom. The highest BCUT2D eigenvalue weighted by molar-refractivity contribution is 5.16. The van der Waals surface area contributed by atoms with Gasteiger partial charge in [0.05, 0.1) is 6.61 Å². The van der Waals surface area contributed by atoms with Crippen molar-refractivity contribution in [2.45, 2.75) is 38.3 Å². The summed E-state index contributed by atoms with van der Waals surface area (Å²) in [6.45, 7) is 1.94. The average Bonchev–Trinajstić information content (AvgIpc) is 2.54. The summed E-state index contributed by atoms with van der Waals surface area (Å²) in [5.41, 5.74) is 0.991. The first-order valence-electron chi connectivity index (χ1n) is 6.39. The number of benzene rings is 1. The van der Waals surface area contributed by atoms with Crippen LogP contribution in [0, 0.1) is 5.82 Å². The Kier molecular flexibility index (Phi) is 4.51. The van der Waals surface area contributed by atoms with Crippen LogP contribution in [0.25, 0.3) is 0 Å². The third kappa shape index (κ3) is 3.51. The van der Waals surface area contributed by atoms with Gasteiger partial charge in [0.15, 0.2) is 0 Å². The zero-order valence-corrected chi connectivity index (χ0v) is 10.1. The highest BCUT2D eigenvalue weighted by atomic mass is 19.1. The summed E-state index contributed by atoms with van der Waals surface area (Å²) in [6.07, 6.45) is 4.64. The molecule has 1 atom stereocenters. The molecule has 1 aromatic rings. The minimum absolute atomic E-state index is 0.183. The van der Waals surface area contributed by atoms with Crippen molar-refractivity contribution < 1.29 is 9.50 Å². The van der Waals surface area contributed by atoms with Gasteiger partial charge in [-0.1, -0.05) is 25.0 Å². The fourth-order valence-corrected chi connectivity index (χ4v) is 2.52. The second kappa shape index (κ2) is 6.12. The molecule has 1 aromatic carbocycles. The standard InChI is InChI=1S/C14H20FNO/c15-13-6-4-5-12(9-13)10-16-8-3-1-2-7-14(16)11-17/h4-6,9,14,17H,1-3,7-8,10-11H2. The first-order valence-corrected chi connectivity index (χ1v) is 6.39. The lowest BCUT2D eigenvalue weighted by atomic mass is 10.1. The molecule has 1 heterocycles. The number of hydrogen-bond acceptors (Lipinski definition) is 2. The Morgan fingerprint density at radius 3 is 2.94 bits per heavy atom. The number of nitrogens with zero attached hydrogens (tertiary/aromatic N) is 1. The van der Waals surface area contributed by atoms with Crippen LogP contribution in [0.2, 0.25) is 0 Å². The molecule has 0 amide bonds. The highest BCUT2D eigenvalue weighted by Crippen LogP contribution is 2.19. The van der Waals surface area contributed by atoms with Crippen molar-refractivity contribution in [3.63, 3.8) is 0 Å². The fourth-order valence-electron chi connectivity index (χ4n) is 2.52. The topological polar surface area (TPSA) is 23.5 Å². The van der Waals surface area contributed by atoms with Gasteiger partial charge in [0.2, 0.25) is 0 Å². The summed E-state index contributed by atoms with van der Waals surface area (Å²) < 4.78 is 13.1. The van der Waals surface area contributed by atoms with Crippen molar-refractivity contribution in [3.05, 3.63) is 35.6 Å². The Hall–Kier alpha value is -0.930. The molecule has 0 bridgehead atoms. The van der Waals surface area contributed by atoms with Crippen LogP contribution in [-0.4, -0.2) is 29.2 Å². The Labute approximate surface area is 102 Å². The van der Waals surface area contributed by atoms with Crippen molar-refractivity contribution >= 4 is 0 Å². The molecule has 0 aromatic heterocycles. The number of aliphatic hydroxyl groups excluding tert-OH is 1. The first kappa shape index (κ1) is 12.5. The minimum atomic E-state index is -0.183. The maximum absolute atomic E-state index is 13.1. The zero-order chi connectivity index (χ0) is 12.1. The molecular formula is C14H20FNO. The van der Waals surface area contributed by atoms with Gasteiger partial charge in [0.25, 0.3) is 0 Å². The van der Waals surface area contributed by atoms with Crippen LogP contribution in [0.15, 0.2) is 24.3 Å². The van der Waals surface area contributed by atoms with E-state index >= 15 is 0 Å². The van der Waals surface area contributed by atoms with Gasteiger partial charge >= 0.3 is 0 Å². The first-order chi connectivity index (χ1) is 8.29. The molecule has 1 N–H and O–H groups in total. The van der Waals surface area contributed by atoms with E-state index in [4.69, 9.17) is 0 Å². The highest BCUT2D eigenvalue weighted by Gasteiger charge is 2.20. The van der Waals surface area contributed by atoms with Gasteiger partial charge in [0, 0.05) is 12.6 Å². The Morgan fingerprint density at radius 1 is 1.29 bits per heavy atom. The maximum Gasteiger partial charge on any atom is 0.123 e. The smallest absolute Gasteiger partial charge is 0.123 e. The normalized spacial score (nSPS) is 22.4. The predicted octanol–water partition coefficient (Wildman–Crippen LogP) is 2.56. The summed E-state index contributed by atoms with van der Waals surface area (Å²) in [7, 11) is 0. The molecule has 17 heavy (non-hydrogen) atoms. The van der Waals surface area contributed by atoms with E-state index in [2.05, 4.69) is 4.90 Å². The molecule has 2 nitrogen and oxygen atoms in total. The van der Waals surface area contributed by atoms with Crippen LogP contribution >= 0.6 is 0 Å². The molecule has 0 radical (unpaired) electrons. The third-order valence-electron chi connectivity index (χ3n) is 3.48. The van der Waals surface area contributed by atoms with Gasteiger partial charge in [-0.2, -0.15) is 0 Å². The quantitative estimate of drug-likeness (QED) is 0.873. The fraction of sp³-hybridized carbons (Fsp3) is 0.571. The maximum atomic E-state index is 13.1. The SMILES string of the molecule is OCC1CCCCCN1Cc1cccc(F)c1. The molecular weight excluding hydrogens is 217 g/mol. The van der Waals surface area contributed by atoms with Gasteiger partial charge < -0.3 is 5.11 Å². The van der Waals surface area contributed by atoms with E-state index in [0.717, 1.165) is 25.1 Å². The van der Waals surface area contributed by atoms with E-state index < -0.39 is 0 Å². The lowest BCUT2D eigenvalue weighted by Crippen LogP contribution is -2.36. The van der Waals surface area contributed by atoms with E-state index in [-0.39, 0.29) is 18.5 Å². The van der Waals surface area contributed by atoms with E-state index in [9.17, 15) is 9.50 Å². The summed E-state index contributed by atoms with van der Waals surface area (Å²) in [5, 5.41) is 9.40. The van der Waals surface area contributed by atoms with Gasteiger partial charge in [0.1, 0.15) is 5.82 Å². The predicted molar refractivity (Wildman–Crippen MR) is 66.2 cm³/mol. The third-order valence-corrected chi connectivity index (χ3v) is 3.48. The summed E-state index contributed by atoms with van der Waals surface area (Å²) in [6, 6.07) is 6.98. The van der Waals surface area contributed by atoms with Crippen LogP contribution in [-0.2, 0) is 6.54 Å². The number of halogens is 1. The molecule has 1 unspecified atom stereocenters. The zero-order valence-electron chi connectivity index (χ0n) is 10.1. The molecule has 94 valence electrons. The molecule has 1 saturated heterocycles. The minimum Gasteiger partial charge on any atom is -0.395 e. The van der Waals surface area contributed by atoms with Gasteiger partial charge in [-0.3, -0.25) is 4.90 Å². The van der Waals surface area contributed by atoms with E-state index in [1.807, 2.05) is 6.07 Å². The van der Waals surface area contributed by atoms with Crippen molar-refractivity contribution in [1.82, 2.24) is 4.90 Å². The van der Waals surface area contributed by atoms with Crippen LogP contribution in [0.4, 0.5) is 4.39 Å². The van der Waals surface area contributed by atoms with E-state index in [1.54, 1.807) is 12.1 Å². The van der Waals surface area contributed by atoms with E-state index in [1.165, 1.54) is 25.3 Å². The van der Waals surface area contributed by atoms with Crippen molar-refractivity contribution in [2.75, 3.05) is 13.2 Å². The monoisotopic (exact) mass is 237 g/mol. The van der Waals surface area contributed by atoms with Crippen LogP contribution in [0.5, 0.6) is 0 Å². The lowest BCUT2D eigenvalue weighted by molar-refractivity contribution is 0.118. The molecule has 1 aliphatic heterocycles. The molecule has 0 spiro atoms. The largest absolute Gasteiger partial charge is 0.395 e. The van der Waals surface area contributed by atoms with Crippen molar-refractivity contribution in [1.29, 1.82) is 0 Å². The van der Waals surface area contributed by atoms with Crippen LogP contribution in [0.1, 0.15) is 31.2 Å². The van der Waals surface area contributed by atoms with Gasteiger partial charge in [-0.15, -0.1) is 0 Å². The number of aliphatic hydroxyl groups is 1. The van der Waals surface area contributed by atoms with Crippen molar-refractivity contribution in [2.24, 2.45) is 0 Å². The number of rotatable bonds is 3. The molecule has 0 aliphatic carbocycles. The average molecular weight is 237 g/mol. The van der Waals surface area contributed by atoms with Crippen LogP contribution in [0.3, 0.4) is 0 Å². The second-order valence-electron chi connectivity index (χ2n) is 4.79. The molecule has 1 aliphatic rings. The number of hydrogen-bond donors (Lipinski definition) is 1. The second-order valence-corrected chi connectivity index (χ2v) is 4.79. The van der Waals surface area contributed by atoms with Gasteiger partial charge in [-0.05, 0) is 37.1 Å². The van der Waals surface area contributed by atoms with Crippen molar-refractivity contribution in [3.8, 4) is 0 Å². The Balaban J connectivity index is 2.04. The van der Waals surface area contributed by atoms with Gasteiger partial charge in [-0.25, -0.2) is 4.39 Å². The lowest BCUT2D eigenvalue weighted by Gasteiger charge is -2.28. The Bertz CT molecular complexity index is 356.